The molecule has 0 aromatic rings. The van der Waals surface area contributed by atoms with Gasteiger partial charge in [-0.1, -0.05) is 0 Å². The highest BCUT2D eigenvalue weighted by atomic mass is 32.2. The molecule has 72 valence electrons. The lowest BCUT2D eigenvalue weighted by atomic mass is 10.2. The molecule has 0 radical (unpaired) electrons. The van der Waals surface area contributed by atoms with E-state index < -0.39 is 0 Å². The number of rotatable bonds is 3. The van der Waals surface area contributed by atoms with E-state index >= 15 is 0 Å². The molecule has 1 aliphatic rings. The van der Waals surface area contributed by atoms with Crippen molar-refractivity contribution in [1.29, 1.82) is 0 Å². The molecule has 1 saturated heterocycles. The summed E-state index contributed by atoms with van der Waals surface area (Å²) < 4.78 is 0. The van der Waals surface area contributed by atoms with Crippen LogP contribution in [0.1, 0.15) is 19.8 Å². The first-order valence-corrected chi connectivity index (χ1v) is 6.66. The number of Topliss-reactive ketones (excluding diaryl/α,β-unsaturated/α-hetero) is 1. The van der Waals surface area contributed by atoms with Crippen molar-refractivity contribution in [2.75, 3.05) is 17.3 Å². The molecule has 0 aromatic carbocycles. The van der Waals surface area contributed by atoms with Gasteiger partial charge in [0.2, 0.25) is 0 Å². The molecule has 0 amide bonds. The summed E-state index contributed by atoms with van der Waals surface area (Å²) in [5.74, 6) is 9.46. The van der Waals surface area contributed by atoms with Crippen LogP contribution in [0.5, 0.6) is 0 Å². The molecule has 0 spiro atoms. The Morgan fingerprint density at radius 2 is 2.38 bits per heavy atom. The van der Waals surface area contributed by atoms with E-state index in [2.05, 4.69) is 11.8 Å². The molecular formula is C10H14OS2. The van der Waals surface area contributed by atoms with Crippen molar-refractivity contribution in [3.63, 3.8) is 0 Å². The summed E-state index contributed by atoms with van der Waals surface area (Å²) in [7, 11) is 0. The maximum absolute atomic E-state index is 11.6. The highest BCUT2D eigenvalue weighted by Crippen LogP contribution is 2.25. The average molecular weight is 214 g/mol. The Labute approximate surface area is 88.4 Å². The Hall–Kier alpha value is -0.0700. The van der Waals surface area contributed by atoms with Gasteiger partial charge in [-0.3, -0.25) is 4.79 Å². The van der Waals surface area contributed by atoms with Gasteiger partial charge in [0.15, 0.2) is 0 Å². The summed E-state index contributed by atoms with van der Waals surface area (Å²) in [6, 6.07) is 0. The average Bonchev–Trinajstić information content (AvgIpc) is 2.19. The van der Waals surface area contributed by atoms with Crippen LogP contribution in [0, 0.1) is 11.8 Å². The van der Waals surface area contributed by atoms with Crippen LogP contribution >= 0.6 is 23.5 Å². The zero-order chi connectivity index (χ0) is 9.52. The molecule has 1 heterocycles. The van der Waals surface area contributed by atoms with E-state index in [1.165, 1.54) is 5.75 Å². The number of thioether (sulfide) groups is 2. The van der Waals surface area contributed by atoms with Gasteiger partial charge < -0.3 is 0 Å². The van der Waals surface area contributed by atoms with Crippen LogP contribution in [0.25, 0.3) is 0 Å². The molecule has 1 aliphatic heterocycles. The summed E-state index contributed by atoms with van der Waals surface area (Å²) in [5, 5.41) is 0.248. The summed E-state index contributed by atoms with van der Waals surface area (Å²) in [4.78, 5) is 11.6. The number of hydrogen-bond donors (Lipinski definition) is 0. The Morgan fingerprint density at radius 3 is 3.00 bits per heavy atom. The zero-order valence-corrected chi connectivity index (χ0v) is 9.47. The Morgan fingerprint density at radius 1 is 1.54 bits per heavy atom. The molecule has 0 aromatic heterocycles. The third-order valence-electron chi connectivity index (χ3n) is 1.85. The summed E-state index contributed by atoms with van der Waals surface area (Å²) in [5.41, 5.74) is 0. The lowest BCUT2D eigenvalue weighted by molar-refractivity contribution is -0.118. The Bertz CT molecular complexity index is 221. The predicted octanol–water partition coefficient (Wildman–Crippen LogP) is 2.21. The second kappa shape index (κ2) is 6.39. The quantitative estimate of drug-likeness (QED) is 0.671. The molecule has 13 heavy (non-hydrogen) atoms. The van der Waals surface area contributed by atoms with Gasteiger partial charge in [-0.05, 0) is 6.92 Å². The molecule has 0 bridgehead atoms. The normalized spacial score (nSPS) is 21.8. The molecule has 1 rings (SSSR count). The summed E-state index contributed by atoms with van der Waals surface area (Å²) in [6.07, 6.45) is 1.37. The van der Waals surface area contributed by atoms with Crippen LogP contribution in [0.4, 0.5) is 0 Å². The monoisotopic (exact) mass is 214 g/mol. The number of carbonyl (C=O) groups is 1. The van der Waals surface area contributed by atoms with Gasteiger partial charge in [0.25, 0.3) is 0 Å². The van der Waals surface area contributed by atoms with Gasteiger partial charge in [0.05, 0.1) is 5.25 Å². The number of carbonyl (C=O) groups excluding carboxylic acids is 1. The van der Waals surface area contributed by atoms with Crippen molar-refractivity contribution >= 4 is 29.3 Å². The van der Waals surface area contributed by atoms with Crippen molar-refractivity contribution in [1.82, 2.24) is 0 Å². The van der Waals surface area contributed by atoms with Crippen molar-refractivity contribution in [3.05, 3.63) is 0 Å². The van der Waals surface area contributed by atoms with Crippen LogP contribution in [0.2, 0.25) is 0 Å². The van der Waals surface area contributed by atoms with Crippen LogP contribution in [-0.2, 0) is 4.79 Å². The van der Waals surface area contributed by atoms with E-state index in [4.69, 9.17) is 0 Å². The third kappa shape index (κ3) is 4.10. The molecule has 1 unspecified atom stereocenters. The fraction of sp³-hybridized carbons (Fsp3) is 0.700. The highest BCUT2D eigenvalue weighted by molar-refractivity contribution is 8.07. The van der Waals surface area contributed by atoms with Crippen LogP contribution in [-0.4, -0.2) is 28.3 Å². The van der Waals surface area contributed by atoms with Crippen molar-refractivity contribution in [2.24, 2.45) is 0 Å². The van der Waals surface area contributed by atoms with E-state index in [9.17, 15) is 4.79 Å². The van der Waals surface area contributed by atoms with Gasteiger partial charge in [0, 0.05) is 30.1 Å². The first-order valence-electron chi connectivity index (χ1n) is 4.46. The van der Waals surface area contributed by atoms with E-state index in [1.807, 2.05) is 30.4 Å². The molecule has 1 nitrogen and oxygen atoms in total. The second-order valence-electron chi connectivity index (χ2n) is 2.83. The zero-order valence-electron chi connectivity index (χ0n) is 7.84. The smallest absolute Gasteiger partial charge is 0.147 e. The highest BCUT2D eigenvalue weighted by Gasteiger charge is 2.20. The largest absolute Gasteiger partial charge is 0.298 e. The Kier molecular flexibility index (Phi) is 5.41. The Balaban J connectivity index is 2.23. The molecule has 1 atom stereocenters. The molecular weight excluding hydrogens is 200 g/mol. The van der Waals surface area contributed by atoms with Gasteiger partial charge in [0.1, 0.15) is 5.78 Å². The van der Waals surface area contributed by atoms with Crippen LogP contribution < -0.4 is 0 Å². The van der Waals surface area contributed by atoms with E-state index in [1.54, 1.807) is 0 Å². The third-order valence-corrected chi connectivity index (χ3v) is 4.65. The number of ketones is 1. The second-order valence-corrected chi connectivity index (χ2v) is 5.29. The van der Waals surface area contributed by atoms with Gasteiger partial charge >= 0.3 is 0 Å². The van der Waals surface area contributed by atoms with Gasteiger partial charge in [-0.2, -0.15) is 11.8 Å². The van der Waals surface area contributed by atoms with Crippen molar-refractivity contribution < 1.29 is 4.79 Å². The number of hydrogen-bond acceptors (Lipinski definition) is 3. The topological polar surface area (TPSA) is 17.1 Å². The minimum Gasteiger partial charge on any atom is -0.298 e. The van der Waals surface area contributed by atoms with Gasteiger partial charge in [-0.25, -0.2) is 0 Å². The first-order chi connectivity index (χ1) is 6.34. The lowest BCUT2D eigenvalue weighted by Crippen LogP contribution is -2.23. The van der Waals surface area contributed by atoms with E-state index in [-0.39, 0.29) is 5.25 Å². The minimum absolute atomic E-state index is 0.248. The summed E-state index contributed by atoms with van der Waals surface area (Å²) in [6.45, 7) is 1.82. The maximum atomic E-state index is 11.6. The predicted molar refractivity (Wildman–Crippen MR) is 61.3 cm³/mol. The fourth-order valence-corrected chi connectivity index (χ4v) is 3.83. The van der Waals surface area contributed by atoms with Crippen LogP contribution in [0.3, 0.4) is 0 Å². The maximum Gasteiger partial charge on any atom is 0.147 e. The molecule has 3 heteroatoms. The first kappa shape index (κ1) is 11.0. The SMILES string of the molecule is CC#CCCC(=O)C1CSCCS1. The molecule has 0 saturated carbocycles. The minimum atomic E-state index is 0.248. The standard InChI is InChI=1S/C10H14OS2/c1-2-3-4-5-9(11)10-8-12-6-7-13-10/h10H,4-8H2,1H3. The van der Waals surface area contributed by atoms with E-state index in [0.29, 0.717) is 12.2 Å². The van der Waals surface area contributed by atoms with Crippen molar-refractivity contribution in [2.45, 2.75) is 25.0 Å². The summed E-state index contributed by atoms with van der Waals surface area (Å²) >= 11 is 3.70. The fourth-order valence-electron chi connectivity index (χ4n) is 1.15. The lowest BCUT2D eigenvalue weighted by Gasteiger charge is -2.18. The molecule has 0 aliphatic carbocycles. The van der Waals surface area contributed by atoms with Crippen LogP contribution in [0.15, 0.2) is 0 Å². The van der Waals surface area contributed by atoms with Gasteiger partial charge in [-0.15, -0.1) is 23.6 Å². The molecule has 1 fully saturated rings. The molecule has 0 N–H and O–H groups in total. The van der Waals surface area contributed by atoms with E-state index in [0.717, 1.165) is 17.9 Å². The van der Waals surface area contributed by atoms with Crippen molar-refractivity contribution in [3.8, 4) is 11.8 Å².